The van der Waals surface area contributed by atoms with Gasteiger partial charge in [0.1, 0.15) is 13.2 Å². The molecule has 2 unspecified atom stereocenters. The first-order chi connectivity index (χ1) is 42.6. The number of nitrogens with zero attached hydrogens (tertiary/aromatic N) is 1. The standard InChI is InChI=1S/C78H139NO8/c1-6-8-10-12-14-16-18-20-22-24-26-28-30-32-34-35-36-37-38-39-40-41-43-44-46-48-50-52-54-56-58-60-62-64-66-68-75(80)85-72-74(73-86-78(77(82)83)84-71-70-79(3,4)5)87-76(81)69-67-65-63-61-59-57-55-53-51-49-47-45-42-33-31-29-27-25-23-21-19-17-15-13-11-9-7-2/h9,11,15,17-18,20-21,23-24,26-27,29,33,42,74,78H,6-8,10,12-14,16,19,22,25,28,30-32,34-41,43-73H2,1-5H3/b11-9-,17-15-,20-18-,23-21-,26-24-,29-27-,42-33-. The molecule has 504 valence electrons. The van der Waals surface area contributed by atoms with Gasteiger partial charge in [0.15, 0.2) is 12.4 Å². The number of esters is 2. The lowest BCUT2D eigenvalue weighted by Crippen LogP contribution is -2.44. The van der Waals surface area contributed by atoms with Gasteiger partial charge in [-0.25, -0.2) is 0 Å². The Morgan fingerprint density at radius 3 is 0.977 bits per heavy atom. The number of ether oxygens (including phenoxy) is 4. The highest BCUT2D eigenvalue weighted by Crippen LogP contribution is 2.18. The van der Waals surface area contributed by atoms with Gasteiger partial charge in [-0.3, -0.25) is 9.59 Å². The van der Waals surface area contributed by atoms with Gasteiger partial charge in [0.2, 0.25) is 0 Å². The molecule has 0 radical (unpaired) electrons. The van der Waals surface area contributed by atoms with Crippen molar-refractivity contribution < 1.29 is 42.9 Å². The largest absolute Gasteiger partial charge is 0.545 e. The van der Waals surface area contributed by atoms with Crippen LogP contribution in [0, 0.1) is 0 Å². The van der Waals surface area contributed by atoms with Crippen LogP contribution >= 0.6 is 0 Å². The zero-order valence-corrected chi connectivity index (χ0v) is 57.6. The number of hydrogen-bond donors (Lipinski definition) is 0. The first-order valence-electron chi connectivity index (χ1n) is 36.7. The van der Waals surface area contributed by atoms with Crippen LogP contribution in [-0.4, -0.2) is 82.3 Å². The van der Waals surface area contributed by atoms with E-state index in [-0.39, 0.29) is 32.2 Å². The molecule has 0 spiro atoms. The van der Waals surface area contributed by atoms with Gasteiger partial charge in [-0.1, -0.05) is 317 Å². The van der Waals surface area contributed by atoms with Crippen molar-refractivity contribution in [2.24, 2.45) is 0 Å². The molecule has 0 saturated heterocycles. The third-order valence-corrected chi connectivity index (χ3v) is 16.1. The number of likely N-dealkylation sites (N-methyl/N-ethyl adjacent to an activating group) is 1. The fourth-order valence-electron chi connectivity index (χ4n) is 10.5. The predicted molar refractivity (Wildman–Crippen MR) is 371 cm³/mol. The van der Waals surface area contributed by atoms with Crippen LogP contribution in [0.4, 0.5) is 0 Å². The first kappa shape index (κ1) is 83.5. The molecule has 2 atom stereocenters. The molecule has 0 saturated carbocycles. The van der Waals surface area contributed by atoms with Crippen LogP contribution in [0.15, 0.2) is 85.1 Å². The smallest absolute Gasteiger partial charge is 0.306 e. The fraction of sp³-hybridized carbons (Fsp3) is 0.782. The summed E-state index contributed by atoms with van der Waals surface area (Å²) < 4.78 is 22.8. The Labute approximate surface area is 538 Å². The second-order valence-electron chi connectivity index (χ2n) is 25.9. The third kappa shape index (κ3) is 69.8. The molecule has 0 bridgehead atoms. The number of carboxylic acid groups (broad SMARTS) is 1. The molecule has 9 nitrogen and oxygen atoms in total. The van der Waals surface area contributed by atoms with Gasteiger partial charge in [0.05, 0.1) is 40.3 Å². The molecule has 0 aromatic heterocycles. The number of carboxylic acids is 1. The summed E-state index contributed by atoms with van der Waals surface area (Å²) in [6, 6.07) is 0. The predicted octanol–water partition coefficient (Wildman–Crippen LogP) is 21.7. The van der Waals surface area contributed by atoms with Crippen LogP contribution in [0.1, 0.15) is 335 Å². The van der Waals surface area contributed by atoms with Crippen molar-refractivity contribution in [3.05, 3.63) is 85.1 Å². The van der Waals surface area contributed by atoms with E-state index in [1.165, 1.54) is 218 Å². The molecule has 0 aromatic carbocycles. The maximum absolute atomic E-state index is 12.9. The molecule has 0 heterocycles. The molecule has 0 fully saturated rings. The zero-order valence-electron chi connectivity index (χ0n) is 57.6. The van der Waals surface area contributed by atoms with Gasteiger partial charge < -0.3 is 33.3 Å². The number of carbonyl (C=O) groups is 3. The minimum absolute atomic E-state index is 0.146. The summed E-state index contributed by atoms with van der Waals surface area (Å²) >= 11 is 0. The third-order valence-electron chi connectivity index (χ3n) is 16.1. The van der Waals surface area contributed by atoms with E-state index in [1.807, 2.05) is 21.1 Å². The van der Waals surface area contributed by atoms with Crippen LogP contribution in [0.5, 0.6) is 0 Å². The summed E-state index contributed by atoms with van der Waals surface area (Å²) in [7, 11) is 5.94. The zero-order chi connectivity index (χ0) is 63.3. The summed E-state index contributed by atoms with van der Waals surface area (Å²) in [5.41, 5.74) is 0. The Morgan fingerprint density at radius 2 is 0.655 bits per heavy atom. The van der Waals surface area contributed by atoms with Crippen LogP contribution in [0.25, 0.3) is 0 Å². The molecular formula is C78H139NO8. The van der Waals surface area contributed by atoms with E-state index in [4.69, 9.17) is 18.9 Å². The summed E-state index contributed by atoms with van der Waals surface area (Å²) in [5, 5.41) is 11.8. The van der Waals surface area contributed by atoms with Crippen molar-refractivity contribution >= 4 is 17.9 Å². The molecular weight excluding hydrogens is 1080 g/mol. The van der Waals surface area contributed by atoms with Gasteiger partial charge in [-0.15, -0.1) is 0 Å². The van der Waals surface area contributed by atoms with Gasteiger partial charge in [-0.2, -0.15) is 0 Å². The average Bonchev–Trinajstić information content (AvgIpc) is 3.56. The lowest BCUT2D eigenvalue weighted by molar-refractivity contribution is -0.870. The van der Waals surface area contributed by atoms with E-state index in [9.17, 15) is 19.5 Å². The highest BCUT2D eigenvalue weighted by molar-refractivity contribution is 5.70. The highest BCUT2D eigenvalue weighted by atomic mass is 16.7. The van der Waals surface area contributed by atoms with Crippen LogP contribution < -0.4 is 5.11 Å². The number of allylic oxidation sites excluding steroid dienone is 14. The second-order valence-corrected chi connectivity index (χ2v) is 25.9. The normalized spacial score (nSPS) is 13.2. The van der Waals surface area contributed by atoms with Crippen LogP contribution in [0.3, 0.4) is 0 Å². The topological polar surface area (TPSA) is 111 Å². The van der Waals surface area contributed by atoms with E-state index in [1.54, 1.807) is 0 Å². The highest BCUT2D eigenvalue weighted by Gasteiger charge is 2.22. The minimum Gasteiger partial charge on any atom is -0.545 e. The lowest BCUT2D eigenvalue weighted by Gasteiger charge is -2.26. The van der Waals surface area contributed by atoms with Gasteiger partial charge in [-0.05, 0) is 89.9 Å². The monoisotopic (exact) mass is 1220 g/mol. The van der Waals surface area contributed by atoms with Gasteiger partial charge in [0, 0.05) is 12.8 Å². The van der Waals surface area contributed by atoms with Crippen molar-refractivity contribution in [1.29, 1.82) is 0 Å². The first-order valence-corrected chi connectivity index (χ1v) is 36.7. The molecule has 0 aliphatic heterocycles. The Kier molecular flexibility index (Phi) is 65.6. The molecule has 0 amide bonds. The summed E-state index contributed by atoms with van der Waals surface area (Å²) in [4.78, 5) is 37.5. The number of unbranched alkanes of at least 4 members (excludes halogenated alkanes) is 39. The van der Waals surface area contributed by atoms with Crippen LogP contribution in [-0.2, 0) is 33.3 Å². The van der Waals surface area contributed by atoms with E-state index >= 15 is 0 Å². The number of rotatable bonds is 68. The Balaban J connectivity index is 4.05. The van der Waals surface area contributed by atoms with E-state index in [0.717, 1.165) is 83.5 Å². The van der Waals surface area contributed by atoms with Gasteiger partial charge in [0.25, 0.3) is 0 Å². The number of carbonyl (C=O) groups excluding carboxylic acids is 3. The molecule has 0 aliphatic rings. The van der Waals surface area contributed by atoms with Crippen molar-refractivity contribution in [3.63, 3.8) is 0 Å². The number of hydrogen-bond acceptors (Lipinski definition) is 8. The maximum Gasteiger partial charge on any atom is 0.306 e. The molecule has 87 heavy (non-hydrogen) atoms. The van der Waals surface area contributed by atoms with Crippen molar-refractivity contribution in [2.45, 2.75) is 347 Å². The number of aliphatic carboxylic acids is 1. The quantitative estimate of drug-likeness (QED) is 0.0195. The summed E-state index contributed by atoms with van der Waals surface area (Å²) in [6.45, 7) is 4.66. The molecule has 0 aliphatic carbocycles. The van der Waals surface area contributed by atoms with Crippen LogP contribution in [0.2, 0.25) is 0 Å². The summed E-state index contributed by atoms with van der Waals surface area (Å²) in [6.07, 6.45) is 89.7. The van der Waals surface area contributed by atoms with Gasteiger partial charge >= 0.3 is 11.9 Å². The Bertz CT molecular complexity index is 1700. The van der Waals surface area contributed by atoms with E-state index in [0.29, 0.717) is 23.9 Å². The number of quaternary nitrogens is 1. The van der Waals surface area contributed by atoms with Crippen molar-refractivity contribution in [3.8, 4) is 0 Å². The Hall–Kier alpha value is -3.53. The lowest BCUT2D eigenvalue weighted by atomic mass is 10.0. The Morgan fingerprint density at radius 1 is 0.356 bits per heavy atom. The molecule has 0 aromatic rings. The average molecular weight is 1220 g/mol. The fourth-order valence-corrected chi connectivity index (χ4v) is 10.5. The summed E-state index contributed by atoms with van der Waals surface area (Å²) in [5.74, 6) is -2.27. The second kappa shape index (κ2) is 68.4. The van der Waals surface area contributed by atoms with E-state index in [2.05, 4.69) is 98.9 Å². The maximum atomic E-state index is 12.9. The molecule has 0 rings (SSSR count). The molecule has 9 heteroatoms. The van der Waals surface area contributed by atoms with Crippen molar-refractivity contribution in [1.82, 2.24) is 0 Å². The van der Waals surface area contributed by atoms with Crippen molar-refractivity contribution in [2.75, 3.05) is 47.5 Å². The minimum atomic E-state index is -1.63. The van der Waals surface area contributed by atoms with E-state index < -0.39 is 24.3 Å². The SMILES string of the molecule is CC/C=C\C/C=C\C/C=C\C/C=C\C/C=C\CCCCCCCCCCCCCC(=O)OC(COC(=O)CCCCCCCCCCCCCCCCCCCCCCCCC/C=C\C/C=C\CCCCCCC)COC(OCC[N+](C)(C)C)C(=O)[O-]. The molecule has 0 N–H and O–H groups in total.